The zero-order valence-electron chi connectivity index (χ0n) is 13.2. The number of piperidine rings is 1. The fourth-order valence-electron chi connectivity index (χ4n) is 4.18. The van der Waals surface area contributed by atoms with Gasteiger partial charge in [0, 0.05) is 6.04 Å². The van der Waals surface area contributed by atoms with Crippen LogP contribution in [0, 0.1) is 5.41 Å². The smallest absolute Gasteiger partial charge is 0.00647 e. The Labute approximate surface area is 120 Å². The first-order valence-corrected chi connectivity index (χ1v) is 8.74. The number of hydrogen-bond acceptors (Lipinski definition) is 2. The van der Waals surface area contributed by atoms with E-state index in [0.29, 0.717) is 0 Å². The Bertz CT molecular complexity index is 236. The van der Waals surface area contributed by atoms with Crippen molar-refractivity contribution < 1.29 is 0 Å². The molecule has 0 amide bonds. The summed E-state index contributed by atoms with van der Waals surface area (Å²) < 4.78 is 0. The fourth-order valence-corrected chi connectivity index (χ4v) is 4.18. The van der Waals surface area contributed by atoms with Crippen molar-refractivity contribution in [2.45, 2.75) is 77.7 Å². The fraction of sp³-hybridized carbons (Fsp3) is 1.00. The summed E-state index contributed by atoms with van der Waals surface area (Å²) in [6.45, 7) is 9.71. The maximum atomic E-state index is 3.59. The maximum absolute atomic E-state index is 3.59. The van der Waals surface area contributed by atoms with Crippen LogP contribution in [0.3, 0.4) is 0 Å². The average molecular weight is 266 g/mol. The minimum absolute atomic E-state index is 0.746. The molecule has 112 valence electrons. The highest BCUT2D eigenvalue weighted by atomic mass is 15.1. The van der Waals surface area contributed by atoms with E-state index in [-0.39, 0.29) is 0 Å². The largest absolute Gasteiger partial charge is 0.314 e. The first-order valence-electron chi connectivity index (χ1n) is 8.74. The van der Waals surface area contributed by atoms with Crippen LogP contribution in [-0.2, 0) is 0 Å². The third kappa shape index (κ3) is 4.46. The van der Waals surface area contributed by atoms with Gasteiger partial charge in [0.2, 0.25) is 0 Å². The second-order valence-corrected chi connectivity index (χ2v) is 6.85. The van der Waals surface area contributed by atoms with Crippen molar-refractivity contribution in [3.05, 3.63) is 0 Å². The second kappa shape index (κ2) is 7.64. The lowest BCUT2D eigenvalue weighted by Gasteiger charge is -2.39. The molecule has 0 aromatic carbocycles. The van der Waals surface area contributed by atoms with Gasteiger partial charge in [0.05, 0.1) is 0 Å². The molecular weight excluding hydrogens is 232 g/mol. The van der Waals surface area contributed by atoms with Crippen LogP contribution < -0.4 is 5.32 Å². The van der Waals surface area contributed by atoms with E-state index in [1.807, 2.05) is 0 Å². The lowest BCUT2D eigenvalue weighted by molar-refractivity contribution is 0.106. The number of nitrogens with zero attached hydrogens (tertiary/aromatic N) is 1. The maximum Gasteiger partial charge on any atom is 0.00647 e. The summed E-state index contributed by atoms with van der Waals surface area (Å²) >= 11 is 0. The number of rotatable bonds is 7. The van der Waals surface area contributed by atoms with E-state index >= 15 is 0 Å². The van der Waals surface area contributed by atoms with Crippen LogP contribution in [-0.4, -0.2) is 37.1 Å². The van der Waals surface area contributed by atoms with Crippen LogP contribution in [0.5, 0.6) is 0 Å². The first kappa shape index (κ1) is 15.3. The van der Waals surface area contributed by atoms with Gasteiger partial charge in [-0.1, -0.05) is 26.7 Å². The lowest BCUT2D eigenvalue weighted by Crippen LogP contribution is -2.39. The molecule has 1 aliphatic heterocycles. The van der Waals surface area contributed by atoms with Gasteiger partial charge in [0.15, 0.2) is 0 Å². The van der Waals surface area contributed by atoms with Crippen molar-refractivity contribution in [3.8, 4) is 0 Å². The standard InChI is InChI=1S/C17H34N2/c1-3-16(18-4-2)8-7-13-19-14-11-17(12-15-19)9-5-6-10-17/h16,18H,3-15H2,1-2H3. The minimum atomic E-state index is 0.746. The topological polar surface area (TPSA) is 15.3 Å². The molecule has 1 heterocycles. The van der Waals surface area contributed by atoms with Crippen molar-refractivity contribution in [1.29, 1.82) is 0 Å². The van der Waals surface area contributed by atoms with Gasteiger partial charge in [-0.05, 0) is 76.5 Å². The highest BCUT2D eigenvalue weighted by molar-refractivity contribution is 4.89. The molecule has 1 atom stereocenters. The van der Waals surface area contributed by atoms with E-state index in [9.17, 15) is 0 Å². The number of hydrogen-bond donors (Lipinski definition) is 1. The monoisotopic (exact) mass is 266 g/mol. The van der Waals surface area contributed by atoms with Crippen LogP contribution in [0.4, 0.5) is 0 Å². The van der Waals surface area contributed by atoms with Crippen LogP contribution >= 0.6 is 0 Å². The van der Waals surface area contributed by atoms with Gasteiger partial charge in [-0.15, -0.1) is 0 Å². The van der Waals surface area contributed by atoms with Gasteiger partial charge in [0.25, 0.3) is 0 Å². The molecule has 0 aromatic rings. The van der Waals surface area contributed by atoms with Gasteiger partial charge < -0.3 is 10.2 Å². The van der Waals surface area contributed by atoms with E-state index < -0.39 is 0 Å². The van der Waals surface area contributed by atoms with E-state index in [2.05, 4.69) is 24.1 Å². The summed E-state index contributed by atoms with van der Waals surface area (Å²) in [6.07, 6.45) is 13.0. The summed E-state index contributed by atoms with van der Waals surface area (Å²) in [5, 5.41) is 3.59. The van der Waals surface area contributed by atoms with Crippen LogP contribution in [0.2, 0.25) is 0 Å². The third-order valence-corrected chi connectivity index (χ3v) is 5.59. The quantitative estimate of drug-likeness (QED) is 0.754. The van der Waals surface area contributed by atoms with E-state index in [0.717, 1.165) is 18.0 Å². The molecule has 2 aliphatic rings. The Morgan fingerprint density at radius 3 is 2.32 bits per heavy atom. The Balaban J connectivity index is 1.60. The molecule has 0 aromatic heterocycles. The molecule has 2 heteroatoms. The van der Waals surface area contributed by atoms with Crippen LogP contribution in [0.15, 0.2) is 0 Å². The molecule has 1 aliphatic carbocycles. The molecule has 1 saturated heterocycles. The van der Waals surface area contributed by atoms with Gasteiger partial charge in [-0.2, -0.15) is 0 Å². The molecular formula is C17H34N2. The number of nitrogens with one attached hydrogen (secondary N) is 1. The summed E-state index contributed by atoms with van der Waals surface area (Å²) in [5.74, 6) is 0. The van der Waals surface area contributed by atoms with Crippen molar-refractivity contribution in [2.24, 2.45) is 5.41 Å². The lowest BCUT2D eigenvalue weighted by atomic mass is 9.77. The SMILES string of the molecule is CCNC(CC)CCCN1CCC2(CCCC2)CC1. The van der Waals surface area contributed by atoms with E-state index in [1.165, 1.54) is 77.4 Å². The molecule has 2 rings (SSSR count). The Hall–Kier alpha value is -0.0800. The predicted molar refractivity (Wildman–Crippen MR) is 83.6 cm³/mol. The van der Waals surface area contributed by atoms with Crippen LogP contribution in [0.25, 0.3) is 0 Å². The van der Waals surface area contributed by atoms with Crippen molar-refractivity contribution in [3.63, 3.8) is 0 Å². The van der Waals surface area contributed by atoms with Crippen molar-refractivity contribution in [2.75, 3.05) is 26.2 Å². The second-order valence-electron chi connectivity index (χ2n) is 6.85. The molecule has 0 radical (unpaired) electrons. The number of likely N-dealkylation sites (tertiary alicyclic amines) is 1. The van der Waals surface area contributed by atoms with Gasteiger partial charge in [-0.25, -0.2) is 0 Å². The highest BCUT2D eigenvalue weighted by Gasteiger charge is 2.36. The Morgan fingerprint density at radius 2 is 1.74 bits per heavy atom. The summed E-state index contributed by atoms with van der Waals surface area (Å²) in [6, 6.07) is 0.746. The zero-order chi connectivity index (χ0) is 13.6. The predicted octanol–water partition coefficient (Wildman–Crippen LogP) is 3.81. The normalized spacial score (nSPS) is 24.9. The third-order valence-electron chi connectivity index (χ3n) is 5.59. The summed E-state index contributed by atoms with van der Waals surface area (Å²) in [5.41, 5.74) is 0.784. The zero-order valence-corrected chi connectivity index (χ0v) is 13.2. The Kier molecular flexibility index (Phi) is 6.15. The van der Waals surface area contributed by atoms with E-state index in [4.69, 9.17) is 0 Å². The van der Waals surface area contributed by atoms with Gasteiger partial charge in [0.1, 0.15) is 0 Å². The molecule has 19 heavy (non-hydrogen) atoms. The van der Waals surface area contributed by atoms with Gasteiger partial charge in [-0.3, -0.25) is 0 Å². The van der Waals surface area contributed by atoms with Gasteiger partial charge >= 0.3 is 0 Å². The average Bonchev–Trinajstić information content (AvgIpc) is 2.89. The molecule has 1 spiro atoms. The van der Waals surface area contributed by atoms with Crippen molar-refractivity contribution in [1.82, 2.24) is 10.2 Å². The highest BCUT2D eigenvalue weighted by Crippen LogP contribution is 2.46. The van der Waals surface area contributed by atoms with Crippen LogP contribution in [0.1, 0.15) is 71.6 Å². The molecule has 1 saturated carbocycles. The van der Waals surface area contributed by atoms with Crippen molar-refractivity contribution >= 4 is 0 Å². The Morgan fingerprint density at radius 1 is 1.05 bits per heavy atom. The minimum Gasteiger partial charge on any atom is -0.314 e. The molecule has 1 N–H and O–H groups in total. The molecule has 1 unspecified atom stereocenters. The summed E-state index contributed by atoms with van der Waals surface area (Å²) in [4.78, 5) is 2.72. The molecule has 0 bridgehead atoms. The summed E-state index contributed by atoms with van der Waals surface area (Å²) in [7, 11) is 0. The van der Waals surface area contributed by atoms with E-state index in [1.54, 1.807) is 0 Å². The molecule has 2 fully saturated rings. The molecule has 2 nitrogen and oxygen atoms in total. The first-order chi connectivity index (χ1) is 9.28.